The Morgan fingerprint density at radius 1 is 1.08 bits per heavy atom. The summed E-state index contributed by atoms with van der Waals surface area (Å²) in [6.07, 6.45) is -2.63. The molecule has 3 aromatic carbocycles. The van der Waals surface area contributed by atoms with Crippen molar-refractivity contribution >= 4 is 5.97 Å². The van der Waals surface area contributed by atoms with Gasteiger partial charge in [0.1, 0.15) is 31.0 Å². The number of alkyl halides is 3. The zero-order chi connectivity index (χ0) is 26.9. The molecule has 0 amide bonds. The highest BCUT2D eigenvalue weighted by Crippen LogP contribution is 2.46. The number of hydrogen-bond donors (Lipinski definition) is 1. The molecule has 0 fully saturated rings. The maximum atomic E-state index is 12.9. The summed E-state index contributed by atoms with van der Waals surface area (Å²) < 4.78 is 55.7. The Morgan fingerprint density at radius 2 is 1.87 bits per heavy atom. The Morgan fingerprint density at radius 3 is 2.61 bits per heavy atom. The number of benzene rings is 3. The van der Waals surface area contributed by atoms with Crippen LogP contribution >= 0.6 is 0 Å². The molecule has 2 heterocycles. The molecule has 38 heavy (non-hydrogen) atoms. The van der Waals surface area contributed by atoms with Crippen molar-refractivity contribution in [3.63, 3.8) is 0 Å². The number of fused-ring (bicyclic) bond motifs is 2. The van der Waals surface area contributed by atoms with Crippen molar-refractivity contribution in [1.29, 1.82) is 0 Å². The Kier molecular flexibility index (Phi) is 6.79. The molecule has 2 atom stereocenters. The number of rotatable bonds is 6. The molecule has 1 N–H and O–H groups in total. The van der Waals surface area contributed by atoms with E-state index in [0.717, 1.165) is 34.4 Å². The predicted octanol–water partition coefficient (Wildman–Crippen LogP) is 6.17. The zero-order valence-corrected chi connectivity index (χ0v) is 20.8. The fourth-order valence-corrected chi connectivity index (χ4v) is 4.80. The van der Waals surface area contributed by atoms with E-state index in [1.807, 2.05) is 43.3 Å². The molecule has 0 spiro atoms. The molecule has 0 saturated carbocycles. The van der Waals surface area contributed by atoms with Crippen molar-refractivity contribution in [2.75, 3.05) is 13.7 Å². The number of carbonyl (C=O) groups excluding carboxylic acids is 1. The molecule has 6 nitrogen and oxygen atoms in total. The minimum atomic E-state index is -4.37. The molecule has 9 heteroatoms. The van der Waals surface area contributed by atoms with Crippen LogP contribution in [0.3, 0.4) is 0 Å². The lowest BCUT2D eigenvalue weighted by Gasteiger charge is -2.32. The number of hydrogen-bond acceptors (Lipinski definition) is 6. The molecule has 0 bridgehead atoms. The lowest BCUT2D eigenvalue weighted by atomic mass is 9.75. The number of carbonyl (C=O) groups is 1. The molecule has 0 aliphatic carbocycles. The normalized spacial score (nSPS) is 20.2. The molecule has 2 aliphatic heterocycles. The number of methoxy groups -OCH3 is 1. The monoisotopic (exact) mass is 525 g/mol. The average molecular weight is 526 g/mol. The van der Waals surface area contributed by atoms with Gasteiger partial charge in [-0.3, -0.25) is 4.79 Å². The Bertz CT molecular complexity index is 1370. The zero-order valence-electron chi connectivity index (χ0n) is 20.8. The molecule has 198 valence electrons. The second-order valence-corrected chi connectivity index (χ2v) is 9.45. The van der Waals surface area contributed by atoms with E-state index >= 15 is 0 Å². The Labute approximate surface area is 217 Å². The van der Waals surface area contributed by atoms with Gasteiger partial charge in [-0.2, -0.15) is 13.2 Å². The van der Waals surface area contributed by atoms with E-state index in [1.54, 1.807) is 12.3 Å². The van der Waals surface area contributed by atoms with Crippen LogP contribution in [0.5, 0.6) is 11.5 Å². The van der Waals surface area contributed by atoms with Gasteiger partial charge in [0.05, 0.1) is 24.6 Å². The van der Waals surface area contributed by atoms with Gasteiger partial charge in [0.25, 0.3) is 0 Å². The number of hydroxylamine groups is 1. The quantitative estimate of drug-likeness (QED) is 0.389. The molecule has 0 aromatic heterocycles. The first kappa shape index (κ1) is 25.7. The maximum Gasteiger partial charge on any atom is 0.416 e. The highest BCUT2D eigenvalue weighted by atomic mass is 19.4. The first-order valence-electron chi connectivity index (χ1n) is 12.0. The Hall–Kier alpha value is -3.98. The molecule has 2 aliphatic rings. The van der Waals surface area contributed by atoms with Gasteiger partial charge >= 0.3 is 12.1 Å². The summed E-state index contributed by atoms with van der Waals surface area (Å²) in [5.74, 6) is 0.546. The van der Waals surface area contributed by atoms with Crippen LogP contribution in [0.25, 0.3) is 11.1 Å². The number of nitrogens with one attached hydrogen (secondary N) is 1. The van der Waals surface area contributed by atoms with Gasteiger partial charge < -0.3 is 19.0 Å². The van der Waals surface area contributed by atoms with Crippen LogP contribution in [0, 0.1) is 0 Å². The second-order valence-electron chi connectivity index (χ2n) is 9.45. The standard InChI is InChI=1S/C29H26F3NO5/c1-28-22(17-38-33-28)16-37-26-13-23(10-11-24(26)25(28)14-27(34)35-2)36-15-18-4-3-5-20(12-18)19-6-8-21(9-7-19)29(30,31)32/h3-13,17,25,33H,14-16H2,1-2H3. The van der Waals surface area contributed by atoms with Crippen LogP contribution in [-0.4, -0.2) is 25.2 Å². The summed E-state index contributed by atoms with van der Waals surface area (Å²) in [7, 11) is 1.36. The predicted molar refractivity (Wildman–Crippen MR) is 133 cm³/mol. The van der Waals surface area contributed by atoms with Gasteiger partial charge in [-0.05, 0) is 47.9 Å². The highest BCUT2D eigenvalue weighted by molar-refractivity contribution is 5.71. The summed E-state index contributed by atoms with van der Waals surface area (Å²) in [5.41, 5.74) is 5.73. The van der Waals surface area contributed by atoms with Crippen LogP contribution in [0.15, 0.2) is 78.6 Å². The van der Waals surface area contributed by atoms with Crippen molar-refractivity contribution in [1.82, 2.24) is 5.48 Å². The van der Waals surface area contributed by atoms with Gasteiger partial charge in [-0.25, -0.2) is 0 Å². The van der Waals surface area contributed by atoms with Crippen LogP contribution in [0.1, 0.15) is 36.0 Å². The summed E-state index contributed by atoms with van der Waals surface area (Å²) >= 11 is 0. The first-order valence-corrected chi connectivity index (χ1v) is 12.0. The lowest BCUT2D eigenvalue weighted by Crippen LogP contribution is -2.45. The minimum absolute atomic E-state index is 0.133. The SMILES string of the molecule is COC(=O)CC1c2ccc(OCc3cccc(-c4ccc(C(F)(F)F)cc4)c3)cc2OCC2=CONC21C. The van der Waals surface area contributed by atoms with Crippen LogP contribution < -0.4 is 15.0 Å². The van der Waals surface area contributed by atoms with Gasteiger partial charge in [0, 0.05) is 23.1 Å². The maximum absolute atomic E-state index is 12.9. The summed E-state index contributed by atoms with van der Waals surface area (Å²) in [5, 5.41) is 0. The second kappa shape index (κ2) is 10.1. The van der Waals surface area contributed by atoms with E-state index in [0.29, 0.717) is 17.1 Å². The van der Waals surface area contributed by atoms with E-state index in [4.69, 9.17) is 19.0 Å². The number of halogens is 3. The summed E-state index contributed by atoms with van der Waals surface area (Å²) in [6.45, 7) is 2.50. The Balaban J connectivity index is 1.34. The molecule has 5 rings (SSSR count). The van der Waals surface area contributed by atoms with Crippen LogP contribution in [0.4, 0.5) is 13.2 Å². The summed E-state index contributed by atoms with van der Waals surface area (Å²) in [4.78, 5) is 17.6. The molecular formula is C29H26F3NO5. The third kappa shape index (κ3) is 5.06. The number of esters is 1. The largest absolute Gasteiger partial charge is 0.489 e. The van der Waals surface area contributed by atoms with Gasteiger partial charge in [-0.1, -0.05) is 36.4 Å². The number of ether oxygens (including phenoxy) is 3. The van der Waals surface area contributed by atoms with E-state index < -0.39 is 17.3 Å². The van der Waals surface area contributed by atoms with Crippen molar-refractivity contribution in [3.05, 3.63) is 95.3 Å². The molecular weight excluding hydrogens is 499 g/mol. The van der Waals surface area contributed by atoms with Crippen LogP contribution in [0.2, 0.25) is 0 Å². The van der Waals surface area contributed by atoms with Crippen molar-refractivity contribution in [3.8, 4) is 22.6 Å². The lowest BCUT2D eigenvalue weighted by molar-refractivity contribution is -0.141. The smallest absolute Gasteiger partial charge is 0.416 e. The van der Waals surface area contributed by atoms with E-state index in [-0.39, 0.29) is 31.5 Å². The van der Waals surface area contributed by atoms with E-state index in [9.17, 15) is 18.0 Å². The van der Waals surface area contributed by atoms with Crippen LogP contribution in [-0.2, 0) is 27.2 Å². The van der Waals surface area contributed by atoms with E-state index in [1.165, 1.54) is 19.2 Å². The minimum Gasteiger partial charge on any atom is -0.489 e. The molecule has 3 aromatic rings. The van der Waals surface area contributed by atoms with E-state index in [2.05, 4.69) is 5.48 Å². The first-order chi connectivity index (χ1) is 18.2. The fraction of sp³-hybridized carbons (Fsp3) is 0.276. The molecule has 2 unspecified atom stereocenters. The van der Waals surface area contributed by atoms with Gasteiger partial charge in [-0.15, -0.1) is 5.48 Å². The van der Waals surface area contributed by atoms with Gasteiger partial charge in [0.15, 0.2) is 0 Å². The summed E-state index contributed by atoms with van der Waals surface area (Å²) in [6, 6.07) is 18.0. The topological polar surface area (TPSA) is 66.0 Å². The van der Waals surface area contributed by atoms with Crippen molar-refractivity contribution in [2.45, 2.75) is 37.6 Å². The molecule has 0 saturated heterocycles. The third-order valence-corrected chi connectivity index (χ3v) is 7.06. The van der Waals surface area contributed by atoms with Gasteiger partial charge in [0.2, 0.25) is 0 Å². The average Bonchev–Trinajstić information content (AvgIpc) is 3.25. The highest BCUT2D eigenvalue weighted by Gasteiger charge is 2.47. The molecule has 0 radical (unpaired) electrons. The van der Waals surface area contributed by atoms with Crippen molar-refractivity contribution in [2.24, 2.45) is 0 Å². The third-order valence-electron chi connectivity index (χ3n) is 7.06. The fourth-order valence-electron chi connectivity index (χ4n) is 4.80. The van der Waals surface area contributed by atoms with Crippen molar-refractivity contribution < 1.29 is 37.0 Å².